The summed E-state index contributed by atoms with van der Waals surface area (Å²) in [6.45, 7) is 8.90. The molecule has 4 nitrogen and oxygen atoms in total. The lowest BCUT2D eigenvalue weighted by Crippen LogP contribution is -2.33. The second-order valence-electron chi connectivity index (χ2n) is 8.35. The molecule has 0 unspecified atom stereocenters. The van der Waals surface area contributed by atoms with Gasteiger partial charge in [-0.15, -0.1) is 0 Å². The molecule has 1 aliphatic heterocycles. The van der Waals surface area contributed by atoms with E-state index in [1.54, 1.807) is 6.07 Å². The van der Waals surface area contributed by atoms with Gasteiger partial charge < -0.3 is 9.52 Å². The highest BCUT2D eigenvalue weighted by Gasteiger charge is 2.23. The Bertz CT molecular complexity index is 890. The summed E-state index contributed by atoms with van der Waals surface area (Å²) in [5, 5.41) is 11.8. The lowest BCUT2D eigenvalue weighted by molar-refractivity contribution is 0.175. The monoisotopic (exact) mass is 405 g/mol. The Balaban J connectivity index is 1.99. The second kappa shape index (κ2) is 9.32. The van der Waals surface area contributed by atoms with E-state index in [0.29, 0.717) is 28.6 Å². The highest BCUT2D eigenvalue weighted by molar-refractivity contribution is 6.33. The number of aromatic hydroxyl groups is 1. The molecule has 28 heavy (non-hydrogen) atoms. The van der Waals surface area contributed by atoms with E-state index in [0.717, 1.165) is 55.3 Å². The van der Waals surface area contributed by atoms with Crippen LogP contribution < -0.4 is 5.63 Å². The van der Waals surface area contributed by atoms with Crippen LogP contribution in [0.1, 0.15) is 69.1 Å². The van der Waals surface area contributed by atoms with Gasteiger partial charge in [0.15, 0.2) is 0 Å². The predicted octanol–water partition coefficient (Wildman–Crippen LogP) is 5.82. The van der Waals surface area contributed by atoms with E-state index < -0.39 is 0 Å². The van der Waals surface area contributed by atoms with Crippen LogP contribution in [0, 0.1) is 12.8 Å². The molecule has 0 bridgehead atoms. The third-order valence-corrected chi connectivity index (χ3v) is 6.29. The van der Waals surface area contributed by atoms with Gasteiger partial charge in [-0.05, 0) is 56.7 Å². The molecular formula is C23H32ClNO3. The van der Waals surface area contributed by atoms with E-state index in [1.807, 2.05) is 6.92 Å². The van der Waals surface area contributed by atoms with E-state index in [1.165, 1.54) is 19.3 Å². The van der Waals surface area contributed by atoms with Crippen LogP contribution in [0.2, 0.25) is 5.02 Å². The molecule has 0 aliphatic carbocycles. The highest BCUT2D eigenvalue weighted by atomic mass is 35.5. The Labute approximate surface area is 172 Å². The van der Waals surface area contributed by atoms with Crippen LogP contribution in [-0.4, -0.2) is 23.1 Å². The fraction of sp³-hybridized carbons (Fsp3) is 0.609. The van der Waals surface area contributed by atoms with Crippen molar-refractivity contribution in [1.29, 1.82) is 0 Å². The van der Waals surface area contributed by atoms with Crippen LogP contribution in [0.4, 0.5) is 0 Å². The molecular weight excluding hydrogens is 374 g/mol. The minimum absolute atomic E-state index is 0.0330. The topological polar surface area (TPSA) is 53.7 Å². The molecule has 154 valence electrons. The third kappa shape index (κ3) is 4.55. The molecule has 5 heteroatoms. The van der Waals surface area contributed by atoms with Gasteiger partial charge in [0.25, 0.3) is 0 Å². The van der Waals surface area contributed by atoms with Gasteiger partial charge in [0.2, 0.25) is 0 Å². The molecule has 1 aromatic heterocycles. The maximum absolute atomic E-state index is 12.7. The Kier molecular flexibility index (Phi) is 7.05. The summed E-state index contributed by atoms with van der Waals surface area (Å²) >= 11 is 6.36. The Morgan fingerprint density at radius 1 is 1.29 bits per heavy atom. The summed E-state index contributed by atoms with van der Waals surface area (Å²) in [6.07, 6.45) is 7.54. The number of aryl methyl sites for hydroxylation is 1. The van der Waals surface area contributed by atoms with Gasteiger partial charge in [-0.3, -0.25) is 4.90 Å². The van der Waals surface area contributed by atoms with Crippen molar-refractivity contribution < 1.29 is 9.52 Å². The summed E-state index contributed by atoms with van der Waals surface area (Å²) in [5.41, 5.74) is 2.51. The molecule has 1 aromatic carbocycles. The summed E-state index contributed by atoms with van der Waals surface area (Å²) in [4.78, 5) is 15.0. The van der Waals surface area contributed by atoms with Crippen LogP contribution in [0.15, 0.2) is 15.3 Å². The van der Waals surface area contributed by atoms with Crippen molar-refractivity contribution in [3.8, 4) is 5.75 Å². The second-order valence-corrected chi connectivity index (χ2v) is 8.76. The van der Waals surface area contributed by atoms with Gasteiger partial charge in [0, 0.05) is 24.0 Å². The van der Waals surface area contributed by atoms with E-state index in [9.17, 15) is 9.90 Å². The lowest BCUT2D eigenvalue weighted by atomic mass is 9.97. The number of likely N-dealkylation sites (tertiary alicyclic amines) is 1. The zero-order chi connectivity index (χ0) is 20.3. The number of halogens is 1. The maximum atomic E-state index is 12.7. The number of hydrogen-bond acceptors (Lipinski definition) is 4. The number of rotatable bonds is 7. The van der Waals surface area contributed by atoms with Gasteiger partial charge in [-0.1, -0.05) is 44.7 Å². The molecule has 2 aromatic rings. The molecule has 2 heterocycles. The number of nitrogens with zero attached hydrogens (tertiary/aromatic N) is 1. The van der Waals surface area contributed by atoms with Crippen LogP contribution in [0.5, 0.6) is 5.75 Å². The Morgan fingerprint density at radius 3 is 2.79 bits per heavy atom. The lowest BCUT2D eigenvalue weighted by Gasteiger charge is -2.31. The summed E-state index contributed by atoms with van der Waals surface area (Å²) in [6, 6.07) is 1.74. The fourth-order valence-corrected chi connectivity index (χ4v) is 4.58. The molecule has 0 amide bonds. The number of fused-ring (bicyclic) bond motifs is 1. The molecule has 3 rings (SSSR count). The van der Waals surface area contributed by atoms with Gasteiger partial charge >= 0.3 is 5.63 Å². The van der Waals surface area contributed by atoms with Crippen LogP contribution >= 0.6 is 11.6 Å². The first-order valence-corrected chi connectivity index (χ1v) is 11.0. The molecule has 0 radical (unpaired) electrons. The minimum Gasteiger partial charge on any atom is -0.506 e. The van der Waals surface area contributed by atoms with E-state index in [-0.39, 0.29) is 11.4 Å². The molecule has 1 fully saturated rings. The Hall–Kier alpha value is -1.52. The Morgan fingerprint density at radius 2 is 2.07 bits per heavy atom. The SMILES string of the molecule is CCCCCCc1c(C)c2cc(Cl)c(O)c(CN3CCC[C@H](C)C3)c2oc1=O. The average molecular weight is 406 g/mol. The first-order valence-electron chi connectivity index (χ1n) is 10.6. The normalized spacial score (nSPS) is 18.1. The van der Waals surface area contributed by atoms with Crippen molar-refractivity contribution in [2.24, 2.45) is 5.92 Å². The van der Waals surface area contributed by atoms with Gasteiger partial charge in [-0.2, -0.15) is 0 Å². The first kappa shape index (κ1) is 21.2. The third-order valence-electron chi connectivity index (χ3n) is 6.00. The molecule has 1 N–H and O–H groups in total. The number of benzene rings is 1. The van der Waals surface area contributed by atoms with Crippen LogP contribution in [-0.2, 0) is 13.0 Å². The molecule has 1 atom stereocenters. The van der Waals surface area contributed by atoms with Gasteiger partial charge in [-0.25, -0.2) is 4.79 Å². The van der Waals surface area contributed by atoms with Crippen molar-refractivity contribution in [2.75, 3.05) is 13.1 Å². The average Bonchev–Trinajstić information content (AvgIpc) is 2.66. The fourth-order valence-electron chi connectivity index (χ4n) is 4.36. The quantitative estimate of drug-likeness (QED) is 0.466. The van der Waals surface area contributed by atoms with Gasteiger partial charge in [0.05, 0.1) is 10.6 Å². The van der Waals surface area contributed by atoms with Crippen LogP contribution in [0.3, 0.4) is 0 Å². The van der Waals surface area contributed by atoms with Crippen molar-refractivity contribution in [3.05, 3.63) is 38.2 Å². The van der Waals surface area contributed by atoms with E-state index >= 15 is 0 Å². The molecule has 1 aliphatic rings. The van der Waals surface area contributed by atoms with Crippen molar-refractivity contribution in [3.63, 3.8) is 0 Å². The number of phenolic OH excluding ortho intramolecular Hbond substituents is 1. The van der Waals surface area contributed by atoms with E-state index in [2.05, 4.69) is 18.7 Å². The van der Waals surface area contributed by atoms with Crippen molar-refractivity contribution in [1.82, 2.24) is 4.90 Å². The summed E-state index contributed by atoms with van der Waals surface area (Å²) in [7, 11) is 0. The van der Waals surface area contributed by atoms with E-state index in [4.69, 9.17) is 16.0 Å². The predicted molar refractivity (Wildman–Crippen MR) is 115 cm³/mol. The number of piperidine rings is 1. The van der Waals surface area contributed by atoms with Crippen molar-refractivity contribution in [2.45, 2.75) is 72.3 Å². The van der Waals surface area contributed by atoms with Crippen molar-refractivity contribution >= 4 is 22.6 Å². The summed E-state index contributed by atoms with van der Waals surface area (Å²) in [5.74, 6) is 0.662. The molecule has 1 saturated heterocycles. The smallest absolute Gasteiger partial charge is 0.339 e. The maximum Gasteiger partial charge on any atom is 0.339 e. The summed E-state index contributed by atoms with van der Waals surface area (Å²) < 4.78 is 5.77. The highest BCUT2D eigenvalue weighted by Crippen LogP contribution is 2.37. The standard InChI is InChI=1S/C23H32ClNO3/c1-4-5-6-7-10-17-16(3)18-12-20(24)21(26)19(22(18)28-23(17)27)14-25-11-8-9-15(2)13-25/h12,15,26H,4-11,13-14H2,1-3H3/t15-/m0/s1. The zero-order valence-corrected chi connectivity index (χ0v) is 18.1. The number of phenols is 1. The number of unbranched alkanes of at least 4 members (excludes halogenated alkanes) is 3. The largest absolute Gasteiger partial charge is 0.506 e. The first-order chi connectivity index (χ1) is 13.4. The van der Waals surface area contributed by atoms with Crippen LogP contribution in [0.25, 0.3) is 11.0 Å². The zero-order valence-electron chi connectivity index (χ0n) is 17.3. The minimum atomic E-state index is -0.281. The molecule has 0 saturated carbocycles. The molecule has 0 spiro atoms. The number of hydrogen-bond donors (Lipinski definition) is 1. The van der Waals surface area contributed by atoms with Gasteiger partial charge in [0.1, 0.15) is 11.3 Å².